The number of benzene rings is 3. The van der Waals surface area contributed by atoms with E-state index >= 15 is 0 Å². The summed E-state index contributed by atoms with van der Waals surface area (Å²) in [6.45, 7) is 0. The molecule has 2 atom stereocenters. The number of amidine groups is 1. The number of halogens is 2. The molecule has 2 aliphatic heterocycles. The van der Waals surface area contributed by atoms with Crippen molar-refractivity contribution in [2.24, 2.45) is 10.1 Å². The third-order valence-corrected chi connectivity index (χ3v) is 7.41. The number of ether oxygens (including phenoxy) is 1. The quantitative estimate of drug-likeness (QED) is 0.439. The van der Waals surface area contributed by atoms with Gasteiger partial charge in [0.05, 0.1) is 18.9 Å². The van der Waals surface area contributed by atoms with Gasteiger partial charge in [0, 0.05) is 23.6 Å². The third kappa shape index (κ3) is 5.68. The molecule has 3 aromatic carbocycles. The fourth-order valence-electron chi connectivity index (χ4n) is 4.11. The lowest BCUT2D eigenvalue weighted by Gasteiger charge is -2.23. The van der Waals surface area contributed by atoms with Gasteiger partial charge in [-0.2, -0.15) is 10.1 Å². The average molecular weight is 537 g/mol. The van der Waals surface area contributed by atoms with Crippen molar-refractivity contribution in [3.8, 4) is 5.75 Å². The molecule has 0 fully saturated rings. The van der Waals surface area contributed by atoms with Gasteiger partial charge in [0.1, 0.15) is 16.8 Å². The minimum absolute atomic E-state index is 0.0668. The van der Waals surface area contributed by atoms with E-state index in [0.29, 0.717) is 22.3 Å². The van der Waals surface area contributed by atoms with E-state index in [2.05, 4.69) is 10.3 Å². The zero-order valence-corrected chi connectivity index (χ0v) is 21.3. The molecule has 3 aromatic rings. The molecule has 0 radical (unpaired) electrons. The Morgan fingerprint density at radius 3 is 2.49 bits per heavy atom. The molecule has 2 amide bonds. The number of hydrogen-bond donors (Lipinski definition) is 1. The van der Waals surface area contributed by atoms with Crippen LogP contribution in [-0.2, 0) is 9.59 Å². The molecule has 5 rings (SSSR count). The average Bonchev–Trinajstić information content (AvgIpc) is 3.50. The molecule has 0 aromatic heterocycles. The smallest absolute Gasteiger partial charge is 0.262 e. The second-order valence-corrected chi connectivity index (χ2v) is 10.1. The highest BCUT2D eigenvalue weighted by Gasteiger charge is 2.39. The maximum absolute atomic E-state index is 13.1. The first-order valence-corrected chi connectivity index (χ1v) is 12.8. The fourth-order valence-corrected chi connectivity index (χ4v) is 5.29. The van der Waals surface area contributed by atoms with E-state index in [0.717, 1.165) is 22.6 Å². The molecule has 37 heavy (non-hydrogen) atoms. The monoisotopic (exact) mass is 536 g/mol. The Bertz CT molecular complexity index is 1380. The maximum Gasteiger partial charge on any atom is 0.262 e. The highest BCUT2D eigenvalue weighted by atomic mass is 35.5. The van der Waals surface area contributed by atoms with Crippen LogP contribution in [0.15, 0.2) is 82.9 Å². The summed E-state index contributed by atoms with van der Waals surface area (Å²) in [7, 11) is 1.61. The summed E-state index contributed by atoms with van der Waals surface area (Å²) in [5, 5.41) is 9.67. The van der Waals surface area contributed by atoms with E-state index in [1.54, 1.807) is 12.1 Å². The molecule has 0 saturated heterocycles. The summed E-state index contributed by atoms with van der Waals surface area (Å²) in [5.41, 5.74) is 3.21. The minimum atomic E-state index is -0.679. The number of nitrogens with one attached hydrogen (secondary N) is 1. The Labute approximate surface area is 222 Å². The number of aliphatic imine (C=N–C) groups is 1. The molecule has 0 aliphatic carbocycles. The van der Waals surface area contributed by atoms with Crippen molar-refractivity contribution < 1.29 is 18.7 Å². The Morgan fingerprint density at radius 1 is 1.11 bits per heavy atom. The fraction of sp³-hybridized carbons (Fsp3) is 0.185. The van der Waals surface area contributed by atoms with Crippen molar-refractivity contribution in [2.75, 3.05) is 12.4 Å². The van der Waals surface area contributed by atoms with Crippen LogP contribution in [0.2, 0.25) is 5.02 Å². The number of anilines is 1. The lowest BCUT2D eigenvalue weighted by atomic mass is 9.98. The van der Waals surface area contributed by atoms with Crippen LogP contribution in [0.3, 0.4) is 0 Å². The standard InChI is InChI=1S/C27H22ClFN4O3S/c1-36-21-12-4-17(5-13-21)23-14-22(16-2-6-18(28)7-3-16)32-33(23)27-31-26(35)24(37-27)15-25(34)30-20-10-8-19(29)9-11-20/h2-13,23-24H,14-15H2,1H3,(H,30,34). The van der Waals surface area contributed by atoms with Gasteiger partial charge in [0.25, 0.3) is 5.91 Å². The third-order valence-electron chi connectivity index (χ3n) is 6.01. The van der Waals surface area contributed by atoms with Crippen LogP contribution in [-0.4, -0.2) is 40.1 Å². The van der Waals surface area contributed by atoms with Crippen molar-refractivity contribution in [2.45, 2.75) is 24.1 Å². The van der Waals surface area contributed by atoms with E-state index in [9.17, 15) is 14.0 Å². The van der Waals surface area contributed by atoms with E-state index in [4.69, 9.17) is 21.4 Å². The SMILES string of the molecule is COc1ccc(C2CC(c3ccc(Cl)cc3)=NN2C2=NC(=O)C(CC(=O)Nc3ccc(F)cc3)S2)cc1. The summed E-state index contributed by atoms with van der Waals surface area (Å²) in [6, 6.07) is 20.4. The first kappa shape index (κ1) is 25.0. The number of nitrogens with zero attached hydrogens (tertiary/aromatic N) is 3. The van der Waals surface area contributed by atoms with Crippen LogP contribution >= 0.6 is 23.4 Å². The predicted molar refractivity (Wildman–Crippen MR) is 144 cm³/mol. The Hall–Kier alpha value is -3.69. The Morgan fingerprint density at radius 2 is 1.81 bits per heavy atom. The molecule has 188 valence electrons. The molecule has 7 nitrogen and oxygen atoms in total. The summed E-state index contributed by atoms with van der Waals surface area (Å²) >= 11 is 7.28. The van der Waals surface area contributed by atoms with Gasteiger partial charge in [-0.25, -0.2) is 9.40 Å². The number of rotatable bonds is 6. The summed E-state index contributed by atoms with van der Waals surface area (Å²) < 4.78 is 18.4. The maximum atomic E-state index is 13.1. The lowest BCUT2D eigenvalue weighted by molar-refractivity contribution is -0.121. The zero-order chi connectivity index (χ0) is 25.9. The van der Waals surface area contributed by atoms with Crippen molar-refractivity contribution in [1.29, 1.82) is 0 Å². The molecule has 0 saturated carbocycles. The first-order chi connectivity index (χ1) is 17.9. The van der Waals surface area contributed by atoms with Crippen molar-refractivity contribution in [1.82, 2.24) is 5.01 Å². The number of hydrazone groups is 1. The zero-order valence-electron chi connectivity index (χ0n) is 19.7. The van der Waals surface area contributed by atoms with Gasteiger partial charge < -0.3 is 10.1 Å². The van der Waals surface area contributed by atoms with Crippen LogP contribution in [0, 0.1) is 5.82 Å². The molecule has 2 heterocycles. The van der Waals surface area contributed by atoms with Crippen LogP contribution in [0.4, 0.5) is 10.1 Å². The lowest BCUT2D eigenvalue weighted by Crippen LogP contribution is -2.25. The van der Waals surface area contributed by atoms with Crippen molar-refractivity contribution in [3.63, 3.8) is 0 Å². The second kappa shape index (κ2) is 10.7. The molecule has 1 N–H and O–H groups in total. The number of carbonyl (C=O) groups is 2. The van der Waals surface area contributed by atoms with E-state index in [-0.39, 0.29) is 18.4 Å². The van der Waals surface area contributed by atoms with Crippen LogP contribution < -0.4 is 10.1 Å². The minimum Gasteiger partial charge on any atom is -0.497 e. The second-order valence-electron chi connectivity index (χ2n) is 8.49. The normalized spacial score (nSPS) is 19.0. The van der Waals surface area contributed by atoms with Gasteiger partial charge in [-0.15, -0.1) is 0 Å². The number of amides is 2. The molecule has 0 spiro atoms. The molecular formula is C27H22ClFN4O3S. The van der Waals surface area contributed by atoms with Gasteiger partial charge in [-0.1, -0.05) is 47.6 Å². The van der Waals surface area contributed by atoms with Gasteiger partial charge in [0.2, 0.25) is 5.91 Å². The molecule has 2 unspecified atom stereocenters. The molecular weight excluding hydrogens is 515 g/mol. The summed E-state index contributed by atoms with van der Waals surface area (Å²) in [5.74, 6) is -0.402. The van der Waals surface area contributed by atoms with E-state index in [1.807, 2.05) is 48.5 Å². The molecule has 10 heteroatoms. The first-order valence-electron chi connectivity index (χ1n) is 11.5. The van der Waals surface area contributed by atoms with E-state index in [1.165, 1.54) is 36.0 Å². The predicted octanol–water partition coefficient (Wildman–Crippen LogP) is 5.67. The van der Waals surface area contributed by atoms with Gasteiger partial charge in [-0.05, 0) is 59.7 Å². The van der Waals surface area contributed by atoms with Crippen molar-refractivity contribution in [3.05, 3.63) is 94.8 Å². The van der Waals surface area contributed by atoms with Crippen LogP contribution in [0.5, 0.6) is 5.75 Å². The number of methoxy groups -OCH3 is 1. The van der Waals surface area contributed by atoms with Crippen LogP contribution in [0.25, 0.3) is 0 Å². The molecule has 0 bridgehead atoms. The number of hydrogen-bond acceptors (Lipinski definition) is 6. The highest BCUT2D eigenvalue weighted by molar-refractivity contribution is 8.15. The topological polar surface area (TPSA) is 83.4 Å². The Balaban J connectivity index is 1.35. The van der Waals surface area contributed by atoms with Crippen molar-refractivity contribution >= 4 is 51.7 Å². The van der Waals surface area contributed by atoms with Gasteiger partial charge >= 0.3 is 0 Å². The largest absolute Gasteiger partial charge is 0.497 e. The highest BCUT2D eigenvalue weighted by Crippen LogP contribution is 2.39. The Kier molecular flexibility index (Phi) is 7.25. The molecule has 2 aliphatic rings. The van der Waals surface area contributed by atoms with Crippen LogP contribution in [0.1, 0.15) is 30.0 Å². The number of thioether (sulfide) groups is 1. The van der Waals surface area contributed by atoms with E-state index < -0.39 is 17.0 Å². The summed E-state index contributed by atoms with van der Waals surface area (Å²) in [4.78, 5) is 29.6. The van der Waals surface area contributed by atoms with Gasteiger partial charge in [0.15, 0.2) is 5.17 Å². The summed E-state index contributed by atoms with van der Waals surface area (Å²) in [6.07, 6.45) is 0.528. The number of carbonyl (C=O) groups excluding carboxylic acids is 2. The van der Waals surface area contributed by atoms with Gasteiger partial charge in [-0.3, -0.25) is 9.59 Å².